The quantitative estimate of drug-likeness (QED) is 0.920. The van der Waals surface area contributed by atoms with Crippen LogP contribution in [0.3, 0.4) is 0 Å². The van der Waals surface area contributed by atoms with Gasteiger partial charge in [-0.05, 0) is 37.8 Å². The first-order valence-electron chi connectivity index (χ1n) is 6.46. The lowest BCUT2D eigenvalue weighted by atomic mass is 10.0. The van der Waals surface area contributed by atoms with Gasteiger partial charge in [0.05, 0.1) is 4.90 Å². The number of carboxylic acid groups (broad SMARTS) is 1. The van der Waals surface area contributed by atoms with Crippen molar-refractivity contribution in [2.45, 2.75) is 42.8 Å². The molecular weight excluding hydrogens is 264 g/mol. The highest BCUT2D eigenvalue weighted by molar-refractivity contribution is 7.92. The Labute approximate surface area is 113 Å². The van der Waals surface area contributed by atoms with Gasteiger partial charge in [-0.15, -0.1) is 0 Å². The van der Waals surface area contributed by atoms with Crippen LogP contribution in [0.1, 0.15) is 31.2 Å². The summed E-state index contributed by atoms with van der Waals surface area (Å²) in [4.78, 5) is 11.5. The summed E-state index contributed by atoms with van der Waals surface area (Å²) in [7, 11) is -3.80. The van der Waals surface area contributed by atoms with Gasteiger partial charge in [0.15, 0.2) is 15.1 Å². The molecule has 0 saturated heterocycles. The predicted molar refractivity (Wildman–Crippen MR) is 71.7 cm³/mol. The lowest BCUT2D eigenvalue weighted by molar-refractivity contribution is -0.137. The third-order valence-electron chi connectivity index (χ3n) is 3.76. The number of sulfone groups is 1. The zero-order valence-electron chi connectivity index (χ0n) is 10.9. The van der Waals surface area contributed by atoms with E-state index in [-0.39, 0.29) is 10.8 Å². The van der Waals surface area contributed by atoms with Crippen molar-refractivity contribution >= 4 is 15.8 Å². The Morgan fingerprint density at radius 1 is 1.21 bits per heavy atom. The zero-order chi connectivity index (χ0) is 14.0. The summed E-state index contributed by atoms with van der Waals surface area (Å²) in [5.41, 5.74) is 0.951. The molecule has 19 heavy (non-hydrogen) atoms. The molecule has 1 aromatic rings. The van der Waals surface area contributed by atoms with E-state index in [1.165, 1.54) is 12.1 Å². The van der Waals surface area contributed by atoms with Gasteiger partial charge >= 0.3 is 5.97 Å². The van der Waals surface area contributed by atoms with Gasteiger partial charge in [0.25, 0.3) is 0 Å². The Bertz CT molecular complexity index is 554. The van der Waals surface area contributed by atoms with Gasteiger partial charge < -0.3 is 5.11 Å². The van der Waals surface area contributed by atoms with Crippen LogP contribution >= 0.6 is 0 Å². The van der Waals surface area contributed by atoms with Crippen molar-refractivity contribution in [3.63, 3.8) is 0 Å². The van der Waals surface area contributed by atoms with Crippen molar-refractivity contribution in [2.75, 3.05) is 0 Å². The second-order valence-corrected chi connectivity index (χ2v) is 7.23. The van der Waals surface area contributed by atoms with Crippen LogP contribution in [-0.4, -0.2) is 24.7 Å². The molecule has 1 fully saturated rings. The van der Waals surface area contributed by atoms with Crippen molar-refractivity contribution < 1.29 is 18.3 Å². The number of benzene rings is 1. The zero-order valence-corrected chi connectivity index (χ0v) is 11.7. The fourth-order valence-electron chi connectivity index (χ4n) is 2.72. The Kier molecular flexibility index (Phi) is 3.94. The number of hydrogen-bond donors (Lipinski definition) is 1. The molecular formula is C14H18O4S. The molecule has 2 rings (SSSR count). The minimum absolute atomic E-state index is 0.109. The van der Waals surface area contributed by atoms with Gasteiger partial charge in [-0.25, -0.2) is 8.42 Å². The average Bonchev–Trinajstić information content (AvgIpc) is 2.82. The molecule has 0 aliphatic heterocycles. The number of rotatable bonds is 4. The number of carbonyl (C=O) groups is 1. The van der Waals surface area contributed by atoms with E-state index in [2.05, 4.69) is 0 Å². The maximum absolute atomic E-state index is 12.5. The highest BCUT2D eigenvalue weighted by Gasteiger charge is 2.41. The van der Waals surface area contributed by atoms with E-state index in [9.17, 15) is 18.3 Å². The first kappa shape index (κ1) is 14.1. The third kappa shape index (κ3) is 2.81. The van der Waals surface area contributed by atoms with Gasteiger partial charge in [0.1, 0.15) is 0 Å². The van der Waals surface area contributed by atoms with Crippen molar-refractivity contribution in [3.05, 3.63) is 29.8 Å². The van der Waals surface area contributed by atoms with E-state index < -0.39 is 21.1 Å². The fraction of sp³-hybridized carbons (Fsp3) is 0.500. The summed E-state index contributed by atoms with van der Waals surface area (Å²) in [6, 6.07) is 6.38. The molecule has 1 unspecified atom stereocenters. The molecule has 1 N–H and O–H groups in total. The summed E-state index contributed by atoms with van der Waals surface area (Å²) in [5, 5.41) is 8.00. The topological polar surface area (TPSA) is 71.4 Å². The lowest BCUT2D eigenvalue weighted by Crippen LogP contribution is -2.36. The Balaban J connectivity index is 2.39. The van der Waals surface area contributed by atoms with Crippen molar-refractivity contribution in [3.8, 4) is 0 Å². The summed E-state index contributed by atoms with van der Waals surface area (Å²) in [6.45, 7) is 1.86. The van der Waals surface area contributed by atoms with Gasteiger partial charge in [0.2, 0.25) is 0 Å². The monoisotopic (exact) mass is 282 g/mol. The van der Waals surface area contributed by atoms with Gasteiger partial charge in [-0.3, -0.25) is 4.79 Å². The molecule has 1 atom stereocenters. The smallest absolute Gasteiger partial charge is 0.322 e. The summed E-state index contributed by atoms with van der Waals surface area (Å²) >= 11 is 0. The van der Waals surface area contributed by atoms with Gasteiger partial charge in [-0.1, -0.05) is 30.5 Å². The molecule has 1 aromatic carbocycles. The first-order valence-corrected chi connectivity index (χ1v) is 8.01. The number of aliphatic carboxylic acids is 1. The van der Waals surface area contributed by atoms with E-state index >= 15 is 0 Å². The van der Waals surface area contributed by atoms with Crippen molar-refractivity contribution in [1.29, 1.82) is 0 Å². The molecule has 5 heteroatoms. The van der Waals surface area contributed by atoms with E-state index in [1.807, 2.05) is 6.92 Å². The SMILES string of the molecule is Cc1ccc(S(=O)(=O)C(C(=O)O)C2CCCC2)cc1. The van der Waals surface area contributed by atoms with Gasteiger partial charge in [-0.2, -0.15) is 0 Å². The summed E-state index contributed by atoms with van der Waals surface area (Å²) in [5.74, 6) is -1.49. The third-order valence-corrected chi connectivity index (χ3v) is 5.94. The Morgan fingerprint density at radius 2 is 1.74 bits per heavy atom. The molecule has 0 aromatic heterocycles. The summed E-state index contributed by atoms with van der Waals surface area (Å²) in [6.07, 6.45) is 3.19. The molecule has 0 heterocycles. The minimum atomic E-state index is -3.80. The first-order chi connectivity index (χ1) is 8.93. The standard InChI is InChI=1S/C14H18O4S/c1-10-6-8-12(9-7-10)19(17,18)13(14(15)16)11-4-2-3-5-11/h6-9,11,13H,2-5H2,1H3,(H,15,16). The number of aryl methyl sites for hydroxylation is 1. The maximum atomic E-state index is 12.5. The molecule has 1 saturated carbocycles. The van der Waals surface area contributed by atoms with Crippen LogP contribution in [0.15, 0.2) is 29.2 Å². The Hall–Kier alpha value is -1.36. The van der Waals surface area contributed by atoms with Crippen molar-refractivity contribution in [1.82, 2.24) is 0 Å². The molecule has 1 aliphatic carbocycles. The maximum Gasteiger partial charge on any atom is 0.322 e. The molecule has 4 nitrogen and oxygen atoms in total. The van der Waals surface area contributed by atoms with E-state index in [4.69, 9.17) is 0 Å². The van der Waals surface area contributed by atoms with E-state index in [0.29, 0.717) is 12.8 Å². The van der Waals surface area contributed by atoms with E-state index in [1.54, 1.807) is 12.1 Å². The fourth-order valence-corrected chi connectivity index (χ4v) is 4.58. The summed E-state index contributed by atoms with van der Waals surface area (Å²) < 4.78 is 25.0. The molecule has 0 amide bonds. The minimum Gasteiger partial charge on any atom is -0.480 e. The van der Waals surface area contributed by atoms with E-state index in [0.717, 1.165) is 18.4 Å². The Morgan fingerprint density at radius 3 is 2.21 bits per heavy atom. The molecule has 0 radical (unpaired) electrons. The van der Waals surface area contributed by atoms with Crippen LogP contribution in [-0.2, 0) is 14.6 Å². The second-order valence-electron chi connectivity index (χ2n) is 5.16. The van der Waals surface area contributed by atoms with Crippen LogP contribution in [0.2, 0.25) is 0 Å². The number of carboxylic acids is 1. The highest BCUT2D eigenvalue weighted by Crippen LogP contribution is 2.33. The molecule has 0 bridgehead atoms. The molecule has 1 aliphatic rings. The van der Waals surface area contributed by atoms with Crippen LogP contribution in [0, 0.1) is 12.8 Å². The van der Waals surface area contributed by atoms with Crippen LogP contribution in [0.25, 0.3) is 0 Å². The van der Waals surface area contributed by atoms with Crippen LogP contribution < -0.4 is 0 Å². The largest absolute Gasteiger partial charge is 0.480 e. The predicted octanol–water partition coefficient (Wildman–Crippen LogP) is 2.41. The molecule has 0 spiro atoms. The number of hydrogen-bond acceptors (Lipinski definition) is 3. The van der Waals surface area contributed by atoms with Crippen LogP contribution in [0.5, 0.6) is 0 Å². The average molecular weight is 282 g/mol. The van der Waals surface area contributed by atoms with Crippen LogP contribution in [0.4, 0.5) is 0 Å². The highest BCUT2D eigenvalue weighted by atomic mass is 32.2. The van der Waals surface area contributed by atoms with Gasteiger partial charge in [0, 0.05) is 0 Å². The lowest BCUT2D eigenvalue weighted by Gasteiger charge is -2.19. The normalized spacial score (nSPS) is 18.4. The second kappa shape index (κ2) is 5.33. The molecule has 104 valence electrons. The van der Waals surface area contributed by atoms with Crippen molar-refractivity contribution in [2.24, 2.45) is 5.92 Å².